The fraction of sp³-hybridized carbons (Fsp3) is 0.909. The molecule has 2 fully saturated rings. The Bertz CT molecular complexity index is 250. The number of carbonyl (C=O) groups is 1. The summed E-state index contributed by atoms with van der Waals surface area (Å²) in [6.45, 7) is 8.51. The van der Waals surface area contributed by atoms with Crippen LogP contribution in [0.25, 0.3) is 0 Å². The second-order valence-corrected chi connectivity index (χ2v) is 4.82. The van der Waals surface area contributed by atoms with E-state index in [2.05, 4.69) is 24.2 Å². The molecule has 0 spiro atoms. The molecule has 1 atom stereocenters. The molecule has 0 radical (unpaired) electrons. The first-order valence-corrected chi connectivity index (χ1v) is 6.13. The first-order chi connectivity index (χ1) is 7.68. The third-order valence-corrected chi connectivity index (χ3v) is 3.52. The quantitative estimate of drug-likeness (QED) is 0.613. The van der Waals surface area contributed by atoms with Crippen molar-refractivity contribution < 1.29 is 4.79 Å². The maximum atomic E-state index is 12.3. The SMILES string of the molecule is C[C@H]1CNCCN1C(=O)N1CCN(C)CC1. The first-order valence-electron chi connectivity index (χ1n) is 6.13. The number of carbonyl (C=O) groups excluding carboxylic acids is 1. The zero-order valence-corrected chi connectivity index (χ0v) is 10.3. The van der Waals surface area contributed by atoms with Crippen molar-refractivity contribution in [3.8, 4) is 0 Å². The third-order valence-electron chi connectivity index (χ3n) is 3.52. The molecule has 0 bridgehead atoms. The standard InChI is InChI=1S/C11H22N4O/c1-10-9-12-3-4-15(10)11(16)14-7-5-13(2)6-8-14/h10,12H,3-9H2,1-2H3/t10-/m0/s1. The molecule has 2 amide bonds. The highest BCUT2D eigenvalue weighted by atomic mass is 16.2. The van der Waals surface area contributed by atoms with Gasteiger partial charge < -0.3 is 20.0 Å². The lowest BCUT2D eigenvalue weighted by Gasteiger charge is -2.40. The smallest absolute Gasteiger partial charge is 0.320 e. The number of nitrogens with one attached hydrogen (secondary N) is 1. The molecule has 92 valence electrons. The molecule has 0 aromatic rings. The van der Waals surface area contributed by atoms with Gasteiger partial charge in [0, 0.05) is 51.9 Å². The van der Waals surface area contributed by atoms with Gasteiger partial charge in [-0.3, -0.25) is 0 Å². The average molecular weight is 226 g/mol. The van der Waals surface area contributed by atoms with E-state index in [4.69, 9.17) is 0 Å². The average Bonchev–Trinajstić information content (AvgIpc) is 2.30. The number of piperazine rings is 2. The molecule has 0 unspecified atom stereocenters. The predicted molar refractivity (Wildman–Crippen MR) is 63.5 cm³/mol. The van der Waals surface area contributed by atoms with Crippen molar-refractivity contribution in [2.75, 3.05) is 52.9 Å². The van der Waals surface area contributed by atoms with E-state index in [-0.39, 0.29) is 6.03 Å². The minimum absolute atomic E-state index is 0.224. The number of hydrogen-bond acceptors (Lipinski definition) is 3. The van der Waals surface area contributed by atoms with E-state index in [1.165, 1.54) is 0 Å². The van der Waals surface area contributed by atoms with Crippen LogP contribution in [0.15, 0.2) is 0 Å². The van der Waals surface area contributed by atoms with Crippen molar-refractivity contribution >= 4 is 6.03 Å². The van der Waals surface area contributed by atoms with Crippen LogP contribution in [0.3, 0.4) is 0 Å². The Morgan fingerprint density at radius 3 is 2.50 bits per heavy atom. The van der Waals surface area contributed by atoms with Gasteiger partial charge in [-0.25, -0.2) is 4.79 Å². The Kier molecular flexibility index (Phi) is 3.66. The van der Waals surface area contributed by atoms with Crippen LogP contribution < -0.4 is 5.32 Å². The van der Waals surface area contributed by atoms with E-state index in [9.17, 15) is 4.79 Å². The Morgan fingerprint density at radius 2 is 1.88 bits per heavy atom. The van der Waals surface area contributed by atoms with Crippen LogP contribution in [0.1, 0.15) is 6.92 Å². The maximum absolute atomic E-state index is 12.3. The van der Waals surface area contributed by atoms with Crippen LogP contribution >= 0.6 is 0 Å². The Labute approximate surface area is 97.4 Å². The number of likely N-dealkylation sites (N-methyl/N-ethyl adjacent to an activating group) is 1. The lowest BCUT2D eigenvalue weighted by Crippen LogP contribution is -2.58. The van der Waals surface area contributed by atoms with E-state index in [1.807, 2.05) is 9.80 Å². The van der Waals surface area contributed by atoms with Gasteiger partial charge in [0.15, 0.2) is 0 Å². The lowest BCUT2D eigenvalue weighted by atomic mass is 10.2. The fourth-order valence-corrected chi connectivity index (χ4v) is 2.30. The molecule has 2 aliphatic heterocycles. The summed E-state index contributed by atoms with van der Waals surface area (Å²) in [5.74, 6) is 0. The molecule has 2 aliphatic rings. The molecule has 5 heteroatoms. The van der Waals surface area contributed by atoms with Gasteiger partial charge in [0.1, 0.15) is 0 Å². The van der Waals surface area contributed by atoms with Gasteiger partial charge in [-0.1, -0.05) is 0 Å². The highest BCUT2D eigenvalue weighted by Crippen LogP contribution is 2.09. The van der Waals surface area contributed by atoms with Crippen molar-refractivity contribution in [3.05, 3.63) is 0 Å². The predicted octanol–water partition coefficient (Wildman–Crippen LogP) is -0.352. The summed E-state index contributed by atoms with van der Waals surface area (Å²) < 4.78 is 0. The van der Waals surface area contributed by atoms with Crippen molar-refractivity contribution in [1.29, 1.82) is 0 Å². The van der Waals surface area contributed by atoms with Gasteiger partial charge in [0.05, 0.1) is 0 Å². The van der Waals surface area contributed by atoms with Gasteiger partial charge in [-0.2, -0.15) is 0 Å². The topological polar surface area (TPSA) is 38.8 Å². The molecule has 0 aromatic carbocycles. The zero-order chi connectivity index (χ0) is 11.5. The minimum atomic E-state index is 0.224. The Balaban J connectivity index is 1.90. The molecule has 0 aromatic heterocycles. The van der Waals surface area contributed by atoms with Crippen LogP contribution in [0.2, 0.25) is 0 Å². The minimum Gasteiger partial charge on any atom is -0.322 e. The molecule has 5 nitrogen and oxygen atoms in total. The second kappa shape index (κ2) is 5.01. The van der Waals surface area contributed by atoms with E-state index in [1.54, 1.807) is 0 Å². The van der Waals surface area contributed by atoms with E-state index in [0.717, 1.165) is 45.8 Å². The molecule has 0 aliphatic carbocycles. The summed E-state index contributed by atoms with van der Waals surface area (Å²) in [7, 11) is 2.11. The van der Waals surface area contributed by atoms with Crippen LogP contribution in [-0.4, -0.2) is 79.6 Å². The van der Waals surface area contributed by atoms with Crippen molar-refractivity contribution in [3.63, 3.8) is 0 Å². The van der Waals surface area contributed by atoms with Crippen LogP contribution in [0.5, 0.6) is 0 Å². The molecule has 16 heavy (non-hydrogen) atoms. The van der Waals surface area contributed by atoms with Gasteiger partial charge in [-0.05, 0) is 14.0 Å². The monoisotopic (exact) mass is 226 g/mol. The number of nitrogens with zero attached hydrogens (tertiary/aromatic N) is 3. The summed E-state index contributed by atoms with van der Waals surface area (Å²) in [6, 6.07) is 0.544. The fourth-order valence-electron chi connectivity index (χ4n) is 2.30. The number of urea groups is 1. The summed E-state index contributed by atoms with van der Waals surface area (Å²) in [5.41, 5.74) is 0. The van der Waals surface area contributed by atoms with Crippen LogP contribution in [0.4, 0.5) is 4.79 Å². The van der Waals surface area contributed by atoms with Crippen molar-refractivity contribution in [1.82, 2.24) is 20.0 Å². The molecule has 0 saturated carbocycles. The molecule has 2 rings (SSSR count). The van der Waals surface area contributed by atoms with E-state index >= 15 is 0 Å². The molecular formula is C11H22N4O. The maximum Gasteiger partial charge on any atom is 0.320 e. The van der Waals surface area contributed by atoms with Crippen LogP contribution in [0, 0.1) is 0 Å². The van der Waals surface area contributed by atoms with Gasteiger partial charge in [-0.15, -0.1) is 0 Å². The number of rotatable bonds is 0. The van der Waals surface area contributed by atoms with Gasteiger partial charge in [0.2, 0.25) is 0 Å². The first kappa shape index (κ1) is 11.7. The molecular weight excluding hydrogens is 204 g/mol. The molecule has 2 heterocycles. The Hall–Kier alpha value is -0.810. The van der Waals surface area contributed by atoms with E-state index < -0.39 is 0 Å². The second-order valence-electron chi connectivity index (χ2n) is 4.82. The number of hydrogen-bond donors (Lipinski definition) is 1. The van der Waals surface area contributed by atoms with Crippen molar-refractivity contribution in [2.24, 2.45) is 0 Å². The highest BCUT2D eigenvalue weighted by molar-refractivity contribution is 5.75. The molecule has 2 saturated heterocycles. The van der Waals surface area contributed by atoms with Gasteiger partial charge in [0.25, 0.3) is 0 Å². The summed E-state index contributed by atoms with van der Waals surface area (Å²) in [4.78, 5) is 18.5. The normalized spacial score (nSPS) is 28.2. The molecule has 1 N–H and O–H groups in total. The van der Waals surface area contributed by atoms with Gasteiger partial charge >= 0.3 is 6.03 Å². The van der Waals surface area contributed by atoms with E-state index in [0.29, 0.717) is 6.04 Å². The number of amides is 2. The summed E-state index contributed by atoms with van der Waals surface area (Å²) >= 11 is 0. The summed E-state index contributed by atoms with van der Waals surface area (Å²) in [5, 5.41) is 3.31. The van der Waals surface area contributed by atoms with Crippen molar-refractivity contribution in [2.45, 2.75) is 13.0 Å². The zero-order valence-electron chi connectivity index (χ0n) is 10.3. The summed E-state index contributed by atoms with van der Waals surface area (Å²) in [6.07, 6.45) is 0. The largest absolute Gasteiger partial charge is 0.322 e. The lowest BCUT2D eigenvalue weighted by molar-refractivity contribution is 0.103. The Morgan fingerprint density at radius 1 is 1.19 bits per heavy atom. The highest BCUT2D eigenvalue weighted by Gasteiger charge is 2.28. The third kappa shape index (κ3) is 2.47. The van der Waals surface area contributed by atoms with Crippen LogP contribution in [-0.2, 0) is 0 Å².